The van der Waals surface area contributed by atoms with Crippen LogP contribution in [0.2, 0.25) is 0 Å². The van der Waals surface area contributed by atoms with Crippen LogP contribution < -0.4 is 0 Å². The summed E-state index contributed by atoms with van der Waals surface area (Å²) in [6, 6.07) is 0. The summed E-state index contributed by atoms with van der Waals surface area (Å²) in [6.45, 7) is 2.14. The Hall–Kier alpha value is -0.740. The summed E-state index contributed by atoms with van der Waals surface area (Å²) in [7, 11) is 0. The SMILES string of the molecule is C#CCC1(O)C=CC(C)CC1. The Bertz CT molecular complexity index is 199. The minimum absolute atomic E-state index is 0.441. The standard InChI is InChI=1S/C10H14O/c1-3-6-10(11)7-4-9(2)5-8-10/h1,4,7,9,11H,5-6,8H2,2H3. The molecule has 1 aliphatic carbocycles. The van der Waals surface area contributed by atoms with Gasteiger partial charge in [0.15, 0.2) is 0 Å². The third-order valence-corrected chi connectivity index (χ3v) is 2.18. The van der Waals surface area contributed by atoms with Gasteiger partial charge in [0.25, 0.3) is 0 Å². The highest BCUT2D eigenvalue weighted by atomic mass is 16.3. The van der Waals surface area contributed by atoms with Crippen LogP contribution in [0.4, 0.5) is 0 Å². The Kier molecular flexibility index (Phi) is 2.36. The van der Waals surface area contributed by atoms with Crippen molar-refractivity contribution in [1.29, 1.82) is 0 Å². The maximum Gasteiger partial charge on any atom is 0.0936 e. The van der Waals surface area contributed by atoms with E-state index in [1.54, 1.807) is 0 Å². The second-order valence-electron chi connectivity index (χ2n) is 3.36. The van der Waals surface area contributed by atoms with Crippen LogP contribution in [0.3, 0.4) is 0 Å². The fraction of sp³-hybridized carbons (Fsp3) is 0.600. The van der Waals surface area contributed by atoms with Crippen molar-refractivity contribution >= 4 is 0 Å². The molecule has 1 aliphatic rings. The molecule has 0 aromatic carbocycles. The van der Waals surface area contributed by atoms with E-state index in [0.29, 0.717) is 12.3 Å². The zero-order chi connectivity index (χ0) is 8.32. The number of hydrogen-bond acceptors (Lipinski definition) is 1. The zero-order valence-corrected chi connectivity index (χ0v) is 6.88. The number of terminal acetylenes is 1. The van der Waals surface area contributed by atoms with Gasteiger partial charge in [-0.25, -0.2) is 0 Å². The molecular formula is C10H14O. The molecule has 0 spiro atoms. The lowest BCUT2D eigenvalue weighted by Gasteiger charge is -2.27. The van der Waals surface area contributed by atoms with Gasteiger partial charge in [0.1, 0.15) is 0 Å². The van der Waals surface area contributed by atoms with E-state index in [-0.39, 0.29) is 0 Å². The van der Waals surface area contributed by atoms with Crippen molar-refractivity contribution < 1.29 is 5.11 Å². The van der Waals surface area contributed by atoms with E-state index >= 15 is 0 Å². The summed E-state index contributed by atoms with van der Waals surface area (Å²) in [5, 5.41) is 9.76. The predicted octanol–water partition coefficient (Wildman–Crippen LogP) is 1.73. The molecule has 0 aliphatic heterocycles. The maximum absolute atomic E-state index is 9.76. The molecular weight excluding hydrogens is 136 g/mol. The first-order valence-corrected chi connectivity index (χ1v) is 4.01. The topological polar surface area (TPSA) is 20.2 Å². The molecule has 0 saturated heterocycles. The zero-order valence-electron chi connectivity index (χ0n) is 6.88. The van der Waals surface area contributed by atoms with Crippen LogP contribution in [0.5, 0.6) is 0 Å². The molecule has 1 heteroatoms. The molecule has 60 valence electrons. The van der Waals surface area contributed by atoms with Crippen molar-refractivity contribution in [3.05, 3.63) is 12.2 Å². The van der Waals surface area contributed by atoms with Gasteiger partial charge in [-0.15, -0.1) is 12.3 Å². The molecule has 0 aromatic rings. The van der Waals surface area contributed by atoms with Gasteiger partial charge in [0.2, 0.25) is 0 Å². The fourth-order valence-electron chi connectivity index (χ4n) is 1.32. The van der Waals surface area contributed by atoms with Gasteiger partial charge in [-0.3, -0.25) is 0 Å². The number of rotatable bonds is 1. The lowest BCUT2D eigenvalue weighted by atomic mass is 9.84. The second-order valence-corrected chi connectivity index (χ2v) is 3.36. The lowest BCUT2D eigenvalue weighted by Crippen LogP contribution is -2.28. The Morgan fingerprint density at radius 1 is 1.82 bits per heavy atom. The van der Waals surface area contributed by atoms with Gasteiger partial charge >= 0.3 is 0 Å². The normalized spacial score (nSPS) is 36.6. The van der Waals surface area contributed by atoms with E-state index in [4.69, 9.17) is 6.42 Å². The third-order valence-electron chi connectivity index (χ3n) is 2.18. The van der Waals surface area contributed by atoms with Crippen molar-refractivity contribution in [2.75, 3.05) is 0 Å². The molecule has 0 radical (unpaired) electrons. The summed E-state index contributed by atoms with van der Waals surface area (Å²) in [4.78, 5) is 0. The Morgan fingerprint density at radius 3 is 3.00 bits per heavy atom. The first-order chi connectivity index (χ1) is 5.16. The van der Waals surface area contributed by atoms with Crippen molar-refractivity contribution in [2.45, 2.75) is 31.8 Å². The highest BCUT2D eigenvalue weighted by molar-refractivity contribution is 5.11. The monoisotopic (exact) mass is 150 g/mol. The highest BCUT2D eigenvalue weighted by Gasteiger charge is 2.25. The van der Waals surface area contributed by atoms with Crippen LogP contribution in [-0.2, 0) is 0 Å². The Morgan fingerprint density at radius 2 is 2.55 bits per heavy atom. The van der Waals surface area contributed by atoms with E-state index in [1.807, 2.05) is 12.2 Å². The minimum Gasteiger partial charge on any atom is -0.385 e. The molecule has 2 atom stereocenters. The second kappa shape index (κ2) is 3.11. The van der Waals surface area contributed by atoms with E-state index in [0.717, 1.165) is 12.8 Å². The average Bonchev–Trinajstić information content (AvgIpc) is 1.97. The third kappa shape index (κ3) is 2.10. The largest absolute Gasteiger partial charge is 0.385 e. The molecule has 0 aromatic heterocycles. The fourth-order valence-corrected chi connectivity index (χ4v) is 1.32. The first-order valence-electron chi connectivity index (χ1n) is 4.01. The smallest absolute Gasteiger partial charge is 0.0936 e. The van der Waals surface area contributed by atoms with E-state index < -0.39 is 5.60 Å². The molecule has 2 unspecified atom stereocenters. The van der Waals surface area contributed by atoms with Gasteiger partial charge in [0, 0.05) is 6.42 Å². The number of hydrogen-bond donors (Lipinski definition) is 1. The van der Waals surface area contributed by atoms with E-state index in [1.165, 1.54) is 0 Å². The van der Waals surface area contributed by atoms with Gasteiger partial charge in [0.05, 0.1) is 5.60 Å². The van der Waals surface area contributed by atoms with Crippen LogP contribution >= 0.6 is 0 Å². The van der Waals surface area contributed by atoms with E-state index in [9.17, 15) is 5.11 Å². The molecule has 0 bridgehead atoms. The van der Waals surface area contributed by atoms with Gasteiger partial charge in [-0.1, -0.05) is 19.1 Å². The van der Waals surface area contributed by atoms with Gasteiger partial charge in [-0.2, -0.15) is 0 Å². The number of allylic oxidation sites excluding steroid dienone is 1. The molecule has 1 nitrogen and oxygen atoms in total. The quantitative estimate of drug-likeness (QED) is 0.446. The highest BCUT2D eigenvalue weighted by Crippen LogP contribution is 2.27. The molecule has 11 heavy (non-hydrogen) atoms. The van der Waals surface area contributed by atoms with Crippen LogP contribution in [0, 0.1) is 18.3 Å². The maximum atomic E-state index is 9.76. The number of aliphatic hydroxyl groups is 1. The van der Waals surface area contributed by atoms with Gasteiger partial charge in [-0.05, 0) is 18.8 Å². The van der Waals surface area contributed by atoms with Crippen molar-refractivity contribution in [1.82, 2.24) is 0 Å². The molecule has 0 fully saturated rings. The molecule has 1 N–H and O–H groups in total. The summed E-state index contributed by atoms with van der Waals surface area (Å²) in [5.74, 6) is 3.08. The van der Waals surface area contributed by atoms with Gasteiger partial charge < -0.3 is 5.11 Å². The lowest BCUT2D eigenvalue weighted by molar-refractivity contribution is 0.0749. The summed E-state index contributed by atoms with van der Waals surface area (Å²) >= 11 is 0. The van der Waals surface area contributed by atoms with Crippen LogP contribution in [0.15, 0.2) is 12.2 Å². The molecule has 0 saturated carbocycles. The van der Waals surface area contributed by atoms with Crippen molar-refractivity contribution in [2.24, 2.45) is 5.92 Å². The summed E-state index contributed by atoms with van der Waals surface area (Å²) in [5.41, 5.74) is -0.707. The molecule has 0 heterocycles. The summed E-state index contributed by atoms with van der Waals surface area (Å²) < 4.78 is 0. The average molecular weight is 150 g/mol. The predicted molar refractivity (Wildman–Crippen MR) is 45.9 cm³/mol. The van der Waals surface area contributed by atoms with Crippen LogP contribution in [-0.4, -0.2) is 10.7 Å². The Labute approximate surface area is 68.1 Å². The Balaban J connectivity index is 2.61. The van der Waals surface area contributed by atoms with E-state index in [2.05, 4.69) is 12.8 Å². The van der Waals surface area contributed by atoms with Crippen molar-refractivity contribution in [3.63, 3.8) is 0 Å². The summed E-state index contributed by atoms with van der Waals surface area (Å²) in [6.07, 6.45) is 11.3. The molecule has 1 rings (SSSR count). The minimum atomic E-state index is -0.707. The van der Waals surface area contributed by atoms with Crippen LogP contribution in [0.1, 0.15) is 26.2 Å². The molecule has 0 amide bonds. The van der Waals surface area contributed by atoms with Crippen LogP contribution in [0.25, 0.3) is 0 Å². The van der Waals surface area contributed by atoms with Crippen molar-refractivity contribution in [3.8, 4) is 12.3 Å². The first kappa shape index (κ1) is 8.36.